The quantitative estimate of drug-likeness (QED) is 0.381. The molecule has 0 aliphatic carbocycles. The van der Waals surface area contributed by atoms with Gasteiger partial charge in [0.2, 0.25) is 0 Å². The highest BCUT2D eigenvalue weighted by Crippen LogP contribution is 2.32. The van der Waals surface area contributed by atoms with Gasteiger partial charge in [-0.15, -0.1) is 11.3 Å². The fraction of sp³-hybridized carbons (Fsp3) is 0.240. The minimum absolute atomic E-state index is 0.294. The van der Waals surface area contributed by atoms with Gasteiger partial charge in [0, 0.05) is 30.1 Å². The van der Waals surface area contributed by atoms with E-state index in [1.807, 2.05) is 48.5 Å². The molecule has 0 fully saturated rings. The lowest BCUT2D eigenvalue weighted by Gasteiger charge is -2.19. The number of aromatic nitrogens is 3. The zero-order chi connectivity index (χ0) is 23.3. The summed E-state index contributed by atoms with van der Waals surface area (Å²) in [5, 5.41) is 10.9. The Kier molecular flexibility index (Phi) is 6.55. The van der Waals surface area contributed by atoms with Crippen molar-refractivity contribution >= 4 is 17.3 Å². The second kappa shape index (κ2) is 10.1. The number of thiazole rings is 1. The SMILES string of the molecule is CCOC(=O)c1cnn(-c2ccc3c(c2)OCCO3)c1CNCc1nc(-c2ccccc2)cs1. The summed E-state index contributed by atoms with van der Waals surface area (Å²) < 4.78 is 18.3. The van der Waals surface area contributed by atoms with E-state index in [1.54, 1.807) is 29.1 Å². The zero-order valence-electron chi connectivity index (χ0n) is 18.7. The van der Waals surface area contributed by atoms with Crippen molar-refractivity contribution in [1.29, 1.82) is 0 Å². The van der Waals surface area contributed by atoms with E-state index in [-0.39, 0.29) is 0 Å². The molecule has 9 heteroatoms. The summed E-state index contributed by atoms with van der Waals surface area (Å²) in [6, 6.07) is 15.7. The second-order valence-corrected chi connectivity index (χ2v) is 8.50. The standard InChI is InChI=1S/C25H24N4O4S/c1-2-31-25(30)19-13-27-29(18-8-9-22-23(12-18)33-11-10-32-22)21(19)14-26-15-24-28-20(16-34-24)17-6-4-3-5-7-17/h3-9,12-13,16,26H,2,10-11,14-15H2,1H3. The number of ether oxygens (including phenoxy) is 3. The molecule has 0 spiro atoms. The lowest BCUT2D eigenvalue weighted by molar-refractivity contribution is 0.0525. The van der Waals surface area contributed by atoms with E-state index in [2.05, 4.69) is 15.8 Å². The van der Waals surface area contributed by atoms with Crippen LogP contribution in [0, 0.1) is 0 Å². The molecule has 0 amide bonds. The third kappa shape index (κ3) is 4.66. The molecule has 0 saturated carbocycles. The fourth-order valence-electron chi connectivity index (χ4n) is 3.73. The Bertz CT molecular complexity index is 1290. The van der Waals surface area contributed by atoms with E-state index >= 15 is 0 Å². The van der Waals surface area contributed by atoms with Crippen LogP contribution in [0.15, 0.2) is 60.1 Å². The summed E-state index contributed by atoms with van der Waals surface area (Å²) in [4.78, 5) is 17.3. The van der Waals surface area contributed by atoms with Gasteiger partial charge < -0.3 is 19.5 Å². The predicted octanol–water partition coefficient (Wildman–Crippen LogP) is 4.23. The van der Waals surface area contributed by atoms with Crippen molar-refractivity contribution in [3.8, 4) is 28.4 Å². The van der Waals surface area contributed by atoms with Crippen molar-refractivity contribution in [3.63, 3.8) is 0 Å². The molecule has 5 rings (SSSR count). The second-order valence-electron chi connectivity index (χ2n) is 7.56. The Hall–Kier alpha value is -3.69. The molecular weight excluding hydrogens is 452 g/mol. The summed E-state index contributed by atoms with van der Waals surface area (Å²) in [7, 11) is 0. The molecule has 0 radical (unpaired) electrons. The maximum Gasteiger partial charge on any atom is 0.341 e. The van der Waals surface area contributed by atoms with E-state index in [0.29, 0.717) is 55.7 Å². The molecule has 0 saturated heterocycles. The van der Waals surface area contributed by atoms with Crippen LogP contribution in [0.4, 0.5) is 0 Å². The van der Waals surface area contributed by atoms with Gasteiger partial charge in [-0.25, -0.2) is 14.5 Å². The Morgan fingerprint density at radius 1 is 1.12 bits per heavy atom. The van der Waals surface area contributed by atoms with Gasteiger partial charge in [-0.3, -0.25) is 0 Å². The van der Waals surface area contributed by atoms with Crippen molar-refractivity contribution in [2.24, 2.45) is 0 Å². The summed E-state index contributed by atoms with van der Waals surface area (Å²) in [6.07, 6.45) is 1.54. The van der Waals surface area contributed by atoms with Crippen LogP contribution < -0.4 is 14.8 Å². The van der Waals surface area contributed by atoms with Gasteiger partial charge in [0.05, 0.1) is 29.9 Å². The third-order valence-electron chi connectivity index (χ3n) is 5.32. The minimum Gasteiger partial charge on any atom is -0.486 e. The van der Waals surface area contributed by atoms with Crippen LogP contribution in [-0.2, 0) is 17.8 Å². The van der Waals surface area contributed by atoms with Gasteiger partial charge in [-0.05, 0) is 19.1 Å². The highest BCUT2D eigenvalue weighted by Gasteiger charge is 2.21. The van der Waals surface area contributed by atoms with Crippen molar-refractivity contribution in [1.82, 2.24) is 20.1 Å². The van der Waals surface area contributed by atoms with Crippen molar-refractivity contribution < 1.29 is 19.0 Å². The summed E-state index contributed by atoms with van der Waals surface area (Å²) in [5.74, 6) is 0.959. The maximum atomic E-state index is 12.6. The average Bonchev–Trinajstić information content (AvgIpc) is 3.52. The van der Waals surface area contributed by atoms with Gasteiger partial charge in [0.1, 0.15) is 23.8 Å². The summed E-state index contributed by atoms with van der Waals surface area (Å²) >= 11 is 1.60. The Morgan fingerprint density at radius 2 is 1.94 bits per heavy atom. The first-order valence-corrected chi connectivity index (χ1v) is 12.0. The number of hydrogen-bond donors (Lipinski definition) is 1. The van der Waals surface area contributed by atoms with E-state index in [9.17, 15) is 4.79 Å². The molecule has 1 N–H and O–H groups in total. The smallest absolute Gasteiger partial charge is 0.341 e. The number of nitrogens with one attached hydrogen (secondary N) is 1. The van der Waals surface area contributed by atoms with Gasteiger partial charge >= 0.3 is 5.97 Å². The molecule has 34 heavy (non-hydrogen) atoms. The molecule has 174 valence electrons. The van der Waals surface area contributed by atoms with E-state index < -0.39 is 5.97 Å². The number of esters is 1. The average molecular weight is 477 g/mol. The number of rotatable bonds is 8. The summed E-state index contributed by atoms with van der Waals surface area (Å²) in [5.41, 5.74) is 3.95. The molecule has 2 aromatic heterocycles. The third-order valence-corrected chi connectivity index (χ3v) is 6.17. The van der Waals surface area contributed by atoms with E-state index in [0.717, 1.165) is 22.0 Å². The van der Waals surface area contributed by atoms with Crippen LogP contribution in [0.3, 0.4) is 0 Å². The first-order chi connectivity index (χ1) is 16.7. The Morgan fingerprint density at radius 3 is 2.76 bits per heavy atom. The normalized spacial score (nSPS) is 12.5. The summed E-state index contributed by atoms with van der Waals surface area (Å²) in [6.45, 7) is 4.07. The molecule has 0 bridgehead atoms. The highest BCUT2D eigenvalue weighted by molar-refractivity contribution is 7.09. The van der Waals surface area contributed by atoms with Gasteiger partial charge in [0.25, 0.3) is 0 Å². The zero-order valence-corrected chi connectivity index (χ0v) is 19.5. The van der Waals surface area contributed by atoms with Crippen LogP contribution in [0.1, 0.15) is 28.0 Å². The lowest BCUT2D eigenvalue weighted by atomic mass is 10.2. The van der Waals surface area contributed by atoms with Crippen LogP contribution in [-0.4, -0.2) is 40.6 Å². The van der Waals surface area contributed by atoms with E-state index in [1.165, 1.54) is 0 Å². The molecule has 2 aromatic carbocycles. The fourth-order valence-corrected chi connectivity index (χ4v) is 4.50. The minimum atomic E-state index is -0.399. The molecule has 1 aliphatic rings. The van der Waals surface area contributed by atoms with Gasteiger partial charge in [0.15, 0.2) is 11.5 Å². The first-order valence-electron chi connectivity index (χ1n) is 11.1. The lowest BCUT2D eigenvalue weighted by Crippen LogP contribution is -2.19. The number of nitrogens with zero attached hydrogens (tertiary/aromatic N) is 3. The molecule has 0 atom stereocenters. The largest absolute Gasteiger partial charge is 0.486 e. The number of benzene rings is 2. The van der Waals surface area contributed by atoms with Crippen LogP contribution in [0.25, 0.3) is 16.9 Å². The molecular formula is C25H24N4O4S. The molecule has 4 aromatic rings. The van der Waals surface area contributed by atoms with E-state index in [4.69, 9.17) is 19.2 Å². The van der Waals surface area contributed by atoms with Crippen LogP contribution in [0.5, 0.6) is 11.5 Å². The number of fused-ring (bicyclic) bond motifs is 1. The number of carbonyl (C=O) groups is 1. The Labute approximate surface area is 201 Å². The topological polar surface area (TPSA) is 87.5 Å². The number of carbonyl (C=O) groups excluding carboxylic acids is 1. The molecule has 0 unspecified atom stereocenters. The molecule has 1 aliphatic heterocycles. The van der Waals surface area contributed by atoms with Crippen LogP contribution in [0.2, 0.25) is 0 Å². The van der Waals surface area contributed by atoms with Crippen molar-refractivity contribution in [2.75, 3.05) is 19.8 Å². The molecule has 8 nitrogen and oxygen atoms in total. The predicted molar refractivity (Wildman–Crippen MR) is 129 cm³/mol. The maximum absolute atomic E-state index is 12.6. The number of hydrogen-bond acceptors (Lipinski definition) is 8. The molecule has 3 heterocycles. The van der Waals surface area contributed by atoms with Crippen molar-refractivity contribution in [2.45, 2.75) is 20.0 Å². The van der Waals surface area contributed by atoms with Gasteiger partial charge in [-0.2, -0.15) is 5.10 Å². The van der Waals surface area contributed by atoms with Gasteiger partial charge in [-0.1, -0.05) is 30.3 Å². The van der Waals surface area contributed by atoms with Crippen molar-refractivity contribution in [3.05, 3.63) is 76.4 Å². The monoisotopic (exact) mass is 476 g/mol. The first kappa shape index (κ1) is 22.1. The highest BCUT2D eigenvalue weighted by atomic mass is 32.1. The van der Waals surface area contributed by atoms with Crippen LogP contribution >= 0.6 is 11.3 Å². The Balaban J connectivity index is 1.36.